The maximum Gasteiger partial charge on any atom is 0.162 e. The Bertz CT molecular complexity index is 714. The van der Waals surface area contributed by atoms with Crippen molar-refractivity contribution in [1.29, 1.82) is 0 Å². The summed E-state index contributed by atoms with van der Waals surface area (Å²) in [5.74, 6) is 0.882. The van der Waals surface area contributed by atoms with Crippen LogP contribution in [-0.2, 0) is 5.41 Å². The van der Waals surface area contributed by atoms with Crippen molar-refractivity contribution >= 4 is 27.3 Å². The number of Topliss-reactive ketones (excluding diaryl/α,β-unsaturated/α-hetero) is 1. The molecular formula is C22H29BrO. The zero-order chi connectivity index (χ0) is 17.6. The quantitative estimate of drug-likeness (QED) is 0.501. The van der Waals surface area contributed by atoms with Crippen LogP contribution in [0.25, 0.3) is 5.57 Å². The zero-order valence-electron chi connectivity index (χ0n) is 15.7. The highest BCUT2D eigenvalue weighted by Crippen LogP contribution is 2.59. The van der Waals surface area contributed by atoms with E-state index in [4.69, 9.17) is 0 Å². The Balaban J connectivity index is 0.000000815. The first kappa shape index (κ1) is 17.9. The minimum absolute atomic E-state index is 0.287. The van der Waals surface area contributed by atoms with E-state index in [-0.39, 0.29) is 5.41 Å². The number of hydrogen-bond donors (Lipinski definition) is 0. The highest BCUT2D eigenvalue weighted by Gasteiger charge is 2.46. The molecule has 0 aromatic heterocycles. The summed E-state index contributed by atoms with van der Waals surface area (Å²) in [7, 11) is 0. The van der Waals surface area contributed by atoms with Gasteiger partial charge in [0.1, 0.15) is 0 Å². The smallest absolute Gasteiger partial charge is 0.162 e. The zero-order valence-corrected chi connectivity index (χ0v) is 17.3. The summed E-state index contributed by atoms with van der Waals surface area (Å²) < 4.78 is 1.26. The van der Waals surface area contributed by atoms with E-state index in [1.165, 1.54) is 58.8 Å². The fourth-order valence-corrected chi connectivity index (χ4v) is 5.82. The van der Waals surface area contributed by atoms with Crippen LogP contribution in [0.1, 0.15) is 106 Å². The molecule has 2 bridgehead atoms. The van der Waals surface area contributed by atoms with Crippen LogP contribution in [0.2, 0.25) is 0 Å². The van der Waals surface area contributed by atoms with Gasteiger partial charge in [-0.1, -0.05) is 55.6 Å². The minimum atomic E-state index is 0.287. The summed E-state index contributed by atoms with van der Waals surface area (Å²) in [6.45, 7) is 10.6. The van der Waals surface area contributed by atoms with Crippen molar-refractivity contribution < 1.29 is 4.79 Å². The normalized spacial score (nSPS) is 20.4. The molecule has 0 atom stereocenters. The highest BCUT2D eigenvalue weighted by molar-refractivity contribution is 9.10. The number of halogens is 1. The molecule has 0 spiro atoms. The Kier molecular flexibility index (Phi) is 4.81. The number of carbonyl (C=O) groups excluding carboxylic acids is 1. The van der Waals surface area contributed by atoms with Crippen LogP contribution in [0.3, 0.4) is 0 Å². The van der Waals surface area contributed by atoms with Crippen molar-refractivity contribution in [2.24, 2.45) is 0 Å². The molecule has 4 aliphatic carbocycles. The van der Waals surface area contributed by atoms with Gasteiger partial charge in [-0.2, -0.15) is 0 Å². The summed E-state index contributed by atoms with van der Waals surface area (Å²) in [6, 6.07) is 2.23. The van der Waals surface area contributed by atoms with E-state index < -0.39 is 0 Å². The average Bonchev–Trinajstić information content (AvgIpc) is 2.51. The number of hydrogen-bond acceptors (Lipinski definition) is 1. The Morgan fingerprint density at radius 2 is 1.92 bits per heavy atom. The maximum absolute atomic E-state index is 12.6. The van der Waals surface area contributed by atoms with E-state index in [0.29, 0.717) is 18.1 Å². The molecule has 0 aliphatic heterocycles. The molecular weight excluding hydrogens is 360 g/mol. The van der Waals surface area contributed by atoms with Crippen molar-refractivity contribution in [3.8, 4) is 0 Å². The lowest BCUT2D eigenvalue weighted by Crippen LogP contribution is -2.39. The van der Waals surface area contributed by atoms with Gasteiger partial charge in [-0.15, -0.1) is 0 Å². The Hall–Kier alpha value is -0.890. The molecule has 0 saturated heterocycles. The van der Waals surface area contributed by atoms with Gasteiger partial charge in [0.15, 0.2) is 5.78 Å². The molecule has 0 amide bonds. The van der Waals surface area contributed by atoms with Crippen LogP contribution in [0.15, 0.2) is 16.1 Å². The van der Waals surface area contributed by atoms with Crippen LogP contribution >= 0.6 is 15.9 Å². The lowest BCUT2D eigenvalue weighted by atomic mass is 9.55. The van der Waals surface area contributed by atoms with Gasteiger partial charge in [-0.3, -0.25) is 4.79 Å². The molecule has 0 unspecified atom stereocenters. The topological polar surface area (TPSA) is 17.1 Å². The second-order valence-electron chi connectivity index (χ2n) is 7.62. The maximum atomic E-state index is 12.6. The van der Waals surface area contributed by atoms with Gasteiger partial charge < -0.3 is 0 Å². The van der Waals surface area contributed by atoms with Crippen molar-refractivity contribution in [1.82, 2.24) is 0 Å². The van der Waals surface area contributed by atoms with Crippen molar-refractivity contribution in [3.63, 3.8) is 0 Å². The van der Waals surface area contributed by atoms with Gasteiger partial charge in [0, 0.05) is 21.9 Å². The van der Waals surface area contributed by atoms with Crippen LogP contribution in [0, 0.1) is 0 Å². The molecule has 5 rings (SSSR count). The molecule has 2 heteroatoms. The van der Waals surface area contributed by atoms with Gasteiger partial charge >= 0.3 is 0 Å². The van der Waals surface area contributed by atoms with Gasteiger partial charge in [0.05, 0.1) is 0 Å². The first-order valence-corrected chi connectivity index (χ1v) is 10.3. The highest BCUT2D eigenvalue weighted by atomic mass is 79.9. The summed E-state index contributed by atoms with van der Waals surface area (Å²) in [6.07, 6.45) is 6.77. The van der Waals surface area contributed by atoms with Crippen LogP contribution < -0.4 is 0 Å². The third-order valence-corrected chi connectivity index (χ3v) is 7.01. The van der Waals surface area contributed by atoms with Crippen molar-refractivity contribution in [3.05, 3.63) is 38.4 Å². The number of allylic oxidation sites excluding steroid dienone is 2. The van der Waals surface area contributed by atoms with Gasteiger partial charge in [0.2, 0.25) is 0 Å². The molecule has 0 radical (unpaired) electrons. The Labute approximate surface area is 155 Å². The van der Waals surface area contributed by atoms with E-state index in [2.05, 4.69) is 35.8 Å². The first-order chi connectivity index (χ1) is 11.5. The standard InChI is InChI=1S/C20H23BrO.C2H6/c1-4-16(22)15-8-14-11(2)13-9-20(3,10-13)18(14)19(21)17(15)12-6-5-7-12;1-2/h8,12H,4-7,9-10H2,1-3H3;1-2H3. The summed E-state index contributed by atoms with van der Waals surface area (Å²) in [4.78, 5) is 12.6. The second kappa shape index (κ2) is 6.44. The number of benzene rings is 1. The minimum Gasteiger partial charge on any atom is -0.294 e. The molecule has 4 aliphatic rings. The summed E-state index contributed by atoms with van der Waals surface area (Å²) in [5.41, 5.74) is 8.42. The molecule has 0 heterocycles. The number of rotatable bonds is 3. The van der Waals surface area contributed by atoms with E-state index in [0.717, 1.165) is 5.56 Å². The van der Waals surface area contributed by atoms with Gasteiger partial charge in [0.25, 0.3) is 0 Å². The lowest BCUT2D eigenvalue weighted by Gasteiger charge is -2.49. The molecule has 24 heavy (non-hydrogen) atoms. The monoisotopic (exact) mass is 388 g/mol. The fraction of sp³-hybridized carbons (Fsp3) is 0.591. The third-order valence-electron chi connectivity index (χ3n) is 6.18. The molecule has 2 saturated carbocycles. The molecule has 130 valence electrons. The van der Waals surface area contributed by atoms with Crippen LogP contribution in [0.5, 0.6) is 0 Å². The molecule has 0 N–H and O–H groups in total. The van der Waals surface area contributed by atoms with Crippen molar-refractivity contribution in [2.75, 3.05) is 0 Å². The van der Waals surface area contributed by atoms with Crippen LogP contribution in [-0.4, -0.2) is 5.78 Å². The van der Waals surface area contributed by atoms with Gasteiger partial charge in [-0.05, 0) is 66.9 Å². The molecule has 1 aromatic rings. The Morgan fingerprint density at radius 3 is 2.42 bits per heavy atom. The largest absolute Gasteiger partial charge is 0.294 e. The van der Waals surface area contributed by atoms with Crippen molar-refractivity contribution in [2.45, 2.75) is 84.5 Å². The average molecular weight is 389 g/mol. The summed E-state index contributed by atoms with van der Waals surface area (Å²) in [5, 5.41) is 0. The number of carbonyl (C=O) groups is 1. The SMILES string of the molecule is CC.CCC(=O)c1cc2c(c(Br)c1C1CCC1)C1(C)CC(=C2C)C1. The third kappa shape index (κ3) is 2.44. The predicted molar refractivity (Wildman–Crippen MR) is 106 cm³/mol. The first-order valence-electron chi connectivity index (χ1n) is 9.55. The van der Waals surface area contributed by atoms with Gasteiger partial charge in [-0.25, -0.2) is 0 Å². The molecule has 1 aromatic carbocycles. The number of ketones is 1. The second-order valence-corrected chi connectivity index (χ2v) is 8.41. The van der Waals surface area contributed by atoms with E-state index in [1.807, 2.05) is 20.8 Å². The van der Waals surface area contributed by atoms with Crippen LogP contribution in [0.4, 0.5) is 0 Å². The fourth-order valence-electron chi connectivity index (χ4n) is 4.59. The lowest BCUT2D eigenvalue weighted by molar-refractivity contribution is 0.0986. The van der Waals surface area contributed by atoms with E-state index in [9.17, 15) is 4.79 Å². The molecule has 2 fully saturated rings. The predicted octanol–water partition coefficient (Wildman–Crippen LogP) is 7.17. The Morgan fingerprint density at radius 1 is 1.29 bits per heavy atom. The summed E-state index contributed by atoms with van der Waals surface area (Å²) >= 11 is 3.94. The van der Waals surface area contributed by atoms with E-state index >= 15 is 0 Å². The van der Waals surface area contributed by atoms with E-state index in [1.54, 1.807) is 5.57 Å². The molecule has 1 nitrogen and oxygen atoms in total.